The zero-order chi connectivity index (χ0) is 23.1. The summed E-state index contributed by atoms with van der Waals surface area (Å²) in [5, 5.41) is 12.7. The Bertz CT molecular complexity index is 1050. The molecule has 1 aromatic heterocycles. The van der Waals surface area contributed by atoms with Gasteiger partial charge in [-0.3, -0.25) is 4.79 Å². The lowest BCUT2D eigenvalue weighted by molar-refractivity contribution is -0.115. The minimum absolute atomic E-state index is 0.0720. The number of benzene rings is 2. The van der Waals surface area contributed by atoms with Gasteiger partial charge in [-0.2, -0.15) is 0 Å². The van der Waals surface area contributed by atoms with Gasteiger partial charge in [0.25, 0.3) is 0 Å². The highest BCUT2D eigenvalue weighted by atomic mass is 35.5. The summed E-state index contributed by atoms with van der Waals surface area (Å²) >= 11 is 7.62. The first-order valence-corrected chi connectivity index (χ1v) is 12.0. The fourth-order valence-electron chi connectivity index (χ4n) is 3.37. The Kier molecular flexibility index (Phi) is 8.59. The van der Waals surface area contributed by atoms with Crippen molar-refractivity contribution in [2.45, 2.75) is 63.6 Å². The Morgan fingerprint density at radius 2 is 1.81 bits per heavy atom. The first-order valence-electron chi connectivity index (χ1n) is 10.8. The number of rotatable bonds is 10. The number of nitrogens with one attached hydrogen (secondary N) is 1. The molecule has 32 heavy (non-hydrogen) atoms. The van der Waals surface area contributed by atoms with Crippen LogP contribution in [0.25, 0.3) is 0 Å². The van der Waals surface area contributed by atoms with Crippen molar-refractivity contribution in [1.29, 1.82) is 0 Å². The van der Waals surface area contributed by atoms with Crippen molar-refractivity contribution < 1.29 is 9.53 Å². The van der Waals surface area contributed by atoms with Crippen molar-refractivity contribution in [2.75, 3.05) is 5.32 Å². The molecule has 1 atom stereocenters. The number of aromatic nitrogens is 3. The fourth-order valence-corrected chi connectivity index (χ4v) is 4.50. The van der Waals surface area contributed by atoms with Gasteiger partial charge in [-0.1, -0.05) is 67.5 Å². The summed E-state index contributed by atoms with van der Waals surface area (Å²) in [7, 11) is 0. The van der Waals surface area contributed by atoms with E-state index in [4.69, 9.17) is 16.3 Å². The molecule has 0 fully saturated rings. The number of para-hydroxylation sites is 2. The smallest absolute Gasteiger partial charge is 0.237 e. The summed E-state index contributed by atoms with van der Waals surface area (Å²) in [5.74, 6) is 1.25. The third-order valence-electron chi connectivity index (χ3n) is 5.29. The van der Waals surface area contributed by atoms with Crippen LogP contribution in [0.5, 0.6) is 5.75 Å². The molecule has 0 saturated carbocycles. The molecule has 0 spiro atoms. The Hall–Kier alpha value is -2.51. The first-order chi connectivity index (χ1) is 15.4. The average molecular weight is 473 g/mol. The van der Waals surface area contributed by atoms with Gasteiger partial charge in [0.2, 0.25) is 5.91 Å². The monoisotopic (exact) mass is 472 g/mol. The highest BCUT2D eigenvalue weighted by Crippen LogP contribution is 2.30. The maximum absolute atomic E-state index is 12.8. The number of hydrogen-bond acceptors (Lipinski definition) is 5. The van der Waals surface area contributed by atoms with Crippen LogP contribution in [-0.2, 0) is 11.4 Å². The van der Waals surface area contributed by atoms with Crippen LogP contribution in [0.15, 0.2) is 53.7 Å². The van der Waals surface area contributed by atoms with Gasteiger partial charge < -0.3 is 14.6 Å². The highest BCUT2D eigenvalue weighted by molar-refractivity contribution is 8.00. The molecule has 1 amide bonds. The Balaban J connectivity index is 1.77. The maximum Gasteiger partial charge on any atom is 0.237 e. The second kappa shape index (κ2) is 11.4. The quantitative estimate of drug-likeness (QED) is 0.350. The summed E-state index contributed by atoms with van der Waals surface area (Å²) in [4.78, 5) is 12.8. The second-order valence-corrected chi connectivity index (χ2v) is 9.24. The number of hydrogen-bond donors (Lipinski definition) is 1. The average Bonchev–Trinajstić information content (AvgIpc) is 3.18. The van der Waals surface area contributed by atoms with E-state index in [1.165, 1.54) is 11.8 Å². The highest BCUT2D eigenvalue weighted by Gasteiger charge is 2.24. The number of nitrogens with zero attached hydrogens (tertiary/aromatic N) is 3. The number of halogens is 1. The lowest BCUT2D eigenvalue weighted by Crippen LogP contribution is -2.24. The van der Waals surface area contributed by atoms with Crippen LogP contribution >= 0.6 is 23.4 Å². The number of amides is 1. The molecule has 3 aromatic rings. The number of ether oxygens (including phenoxy) is 1. The van der Waals surface area contributed by atoms with Crippen molar-refractivity contribution in [3.05, 3.63) is 64.9 Å². The molecule has 0 aliphatic rings. The summed E-state index contributed by atoms with van der Waals surface area (Å²) in [6.07, 6.45) is 1.84. The van der Waals surface area contributed by atoms with E-state index in [-0.39, 0.29) is 23.8 Å². The minimum atomic E-state index is -0.343. The molecule has 0 radical (unpaired) electrons. The Morgan fingerprint density at radius 1 is 1.12 bits per heavy atom. The van der Waals surface area contributed by atoms with Crippen molar-refractivity contribution in [1.82, 2.24) is 14.8 Å². The largest absolute Gasteiger partial charge is 0.484 e. The van der Waals surface area contributed by atoms with Crippen LogP contribution < -0.4 is 10.1 Å². The molecule has 0 bridgehead atoms. The van der Waals surface area contributed by atoms with Gasteiger partial charge in [-0.05, 0) is 50.5 Å². The molecular formula is C24H29ClN4O2S. The molecule has 1 unspecified atom stereocenters. The Morgan fingerprint density at radius 3 is 2.50 bits per heavy atom. The van der Waals surface area contributed by atoms with E-state index >= 15 is 0 Å². The van der Waals surface area contributed by atoms with E-state index in [0.717, 1.165) is 24.1 Å². The van der Waals surface area contributed by atoms with Crippen molar-refractivity contribution >= 4 is 35.0 Å². The number of thioether (sulfide) groups is 1. The zero-order valence-electron chi connectivity index (χ0n) is 18.8. The van der Waals surface area contributed by atoms with E-state index < -0.39 is 0 Å². The molecule has 170 valence electrons. The van der Waals surface area contributed by atoms with Gasteiger partial charge >= 0.3 is 0 Å². The number of aryl methyl sites for hydroxylation is 1. The lowest BCUT2D eigenvalue weighted by Gasteiger charge is -2.20. The van der Waals surface area contributed by atoms with E-state index in [1.807, 2.05) is 56.3 Å². The molecular weight excluding hydrogens is 444 g/mol. The van der Waals surface area contributed by atoms with Gasteiger partial charge in [0.15, 0.2) is 11.0 Å². The van der Waals surface area contributed by atoms with Gasteiger partial charge in [0, 0.05) is 11.7 Å². The third-order valence-corrected chi connectivity index (χ3v) is 6.66. The van der Waals surface area contributed by atoms with E-state index in [1.54, 1.807) is 6.07 Å². The van der Waals surface area contributed by atoms with E-state index in [2.05, 4.69) is 33.9 Å². The van der Waals surface area contributed by atoms with Crippen LogP contribution in [-0.4, -0.2) is 25.9 Å². The molecule has 3 rings (SSSR count). The molecule has 6 nitrogen and oxygen atoms in total. The summed E-state index contributed by atoms with van der Waals surface area (Å²) in [6, 6.07) is 15.3. The minimum Gasteiger partial charge on any atom is -0.484 e. The first kappa shape index (κ1) is 24.1. The van der Waals surface area contributed by atoms with Gasteiger partial charge in [0.1, 0.15) is 12.4 Å². The summed E-state index contributed by atoms with van der Waals surface area (Å²) in [5.41, 5.74) is 1.84. The molecule has 2 aromatic carbocycles. The normalized spacial score (nSPS) is 12.1. The topological polar surface area (TPSA) is 69.0 Å². The van der Waals surface area contributed by atoms with Crippen LogP contribution in [0.3, 0.4) is 0 Å². The zero-order valence-corrected chi connectivity index (χ0v) is 20.4. The molecule has 0 aliphatic carbocycles. The van der Waals surface area contributed by atoms with Crippen LogP contribution in [0.2, 0.25) is 5.02 Å². The molecule has 1 N–H and O–H groups in total. The maximum atomic E-state index is 12.8. The Labute approximate surface area is 198 Å². The summed E-state index contributed by atoms with van der Waals surface area (Å²) < 4.78 is 8.01. The SMILES string of the molecule is CCC(CC)n1c(COc2ccccc2Cl)nnc1SC(C)C(=O)Nc1ccccc1C. The van der Waals surface area contributed by atoms with Crippen LogP contribution in [0.1, 0.15) is 51.0 Å². The lowest BCUT2D eigenvalue weighted by atomic mass is 10.2. The predicted octanol–water partition coefficient (Wildman–Crippen LogP) is 6.30. The van der Waals surface area contributed by atoms with Crippen molar-refractivity contribution in [3.63, 3.8) is 0 Å². The second-order valence-electron chi connectivity index (χ2n) is 7.52. The number of anilines is 1. The van der Waals surface area contributed by atoms with Crippen molar-refractivity contribution in [3.8, 4) is 5.75 Å². The van der Waals surface area contributed by atoms with Crippen LogP contribution in [0, 0.1) is 6.92 Å². The van der Waals surface area contributed by atoms with E-state index in [9.17, 15) is 4.79 Å². The van der Waals surface area contributed by atoms with Gasteiger partial charge in [0.05, 0.1) is 10.3 Å². The molecule has 1 heterocycles. The van der Waals surface area contributed by atoms with E-state index in [0.29, 0.717) is 21.8 Å². The number of carbonyl (C=O) groups excluding carboxylic acids is 1. The predicted molar refractivity (Wildman–Crippen MR) is 131 cm³/mol. The third kappa shape index (κ3) is 5.84. The number of carbonyl (C=O) groups is 1. The van der Waals surface area contributed by atoms with Gasteiger partial charge in [-0.25, -0.2) is 0 Å². The van der Waals surface area contributed by atoms with Gasteiger partial charge in [-0.15, -0.1) is 10.2 Å². The van der Waals surface area contributed by atoms with Crippen LogP contribution in [0.4, 0.5) is 5.69 Å². The van der Waals surface area contributed by atoms with Crippen molar-refractivity contribution in [2.24, 2.45) is 0 Å². The molecule has 0 aliphatic heterocycles. The molecule has 0 saturated heterocycles. The summed E-state index contributed by atoms with van der Waals surface area (Å²) in [6.45, 7) is 8.37. The fraction of sp³-hybridized carbons (Fsp3) is 0.375. The molecule has 8 heteroatoms. The standard InChI is InChI=1S/C24H29ClN4O2S/c1-5-18(6-2)29-22(15-31-21-14-10-8-12-19(21)25)27-28-24(29)32-17(4)23(30)26-20-13-9-7-11-16(20)3/h7-14,17-18H,5-6,15H2,1-4H3,(H,26,30).